The Balaban J connectivity index is 1.65. The first kappa shape index (κ1) is 22.8. The van der Waals surface area contributed by atoms with Gasteiger partial charge in [-0.1, -0.05) is 6.07 Å². The van der Waals surface area contributed by atoms with E-state index in [0.29, 0.717) is 23.0 Å². The first-order chi connectivity index (χ1) is 14.2. The lowest BCUT2D eigenvalue weighted by molar-refractivity contribution is -0.0368. The molecule has 0 bridgehead atoms. The van der Waals surface area contributed by atoms with Crippen LogP contribution in [0.1, 0.15) is 74.1 Å². The first-order valence-corrected chi connectivity index (χ1v) is 11.2. The third-order valence-corrected chi connectivity index (χ3v) is 6.69. The minimum Gasteiger partial charge on any atom is -0.456 e. The van der Waals surface area contributed by atoms with E-state index in [-0.39, 0.29) is 0 Å². The highest BCUT2D eigenvalue weighted by atomic mass is 16.6. The van der Waals surface area contributed by atoms with Crippen LogP contribution in [0, 0.1) is 11.8 Å². The summed E-state index contributed by atoms with van der Waals surface area (Å²) < 4.78 is 11.7. The zero-order valence-corrected chi connectivity index (χ0v) is 18.8. The van der Waals surface area contributed by atoms with E-state index >= 15 is 0 Å². The molecule has 0 atom stereocenters. The van der Waals surface area contributed by atoms with Gasteiger partial charge in [0.1, 0.15) is 11.2 Å². The van der Waals surface area contributed by atoms with Gasteiger partial charge >= 0.3 is 11.9 Å². The van der Waals surface area contributed by atoms with Gasteiger partial charge in [0.2, 0.25) is 0 Å². The first-order valence-electron chi connectivity index (χ1n) is 11.2. The van der Waals surface area contributed by atoms with E-state index in [9.17, 15) is 9.59 Å². The van der Waals surface area contributed by atoms with Crippen molar-refractivity contribution in [3.8, 4) is 0 Å². The minimum absolute atomic E-state index is 0.321. The fourth-order valence-corrected chi connectivity index (χ4v) is 4.57. The maximum Gasteiger partial charge on any atom is 0.338 e. The van der Waals surface area contributed by atoms with Gasteiger partial charge in [-0.3, -0.25) is 0 Å². The number of nitrogens with one attached hydrogen (secondary N) is 2. The average molecular weight is 417 g/mol. The smallest absolute Gasteiger partial charge is 0.338 e. The molecule has 0 radical (unpaired) electrons. The Morgan fingerprint density at radius 2 is 1.13 bits per heavy atom. The summed E-state index contributed by atoms with van der Waals surface area (Å²) in [7, 11) is 0. The van der Waals surface area contributed by atoms with Gasteiger partial charge in [-0.05, 0) is 97.8 Å². The van der Waals surface area contributed by atoms with Crippen molar-refractivity contribution < 1.29 is 19.1 Å². The molecule has 2 saturated heterocycles. The quantitative estimate of drug-likeness (QED) is 0.691. The highest BCUT2D eigenvalue weighted by molar-refractivity contribution is 5.95. The molecular formula is C24H36N2O4. The van der Waals surface area contributed by atoms with Crippen molar-refractivity contribution in [1.82, 2.24) is 10.6 Å². The van der Waals surface area contributed by atoms with E-state index < -0.39 is 23.1 Å². The van der Waals surface area contributed by atoms with E-state index in [1.54, 1.807) is 24.3 Å². The summed E-state index contributed by atoms with van der Waals surface area (Å²) in [5, 5.41) is 6.68. The van der Waals surface area contributed by atoms with Crippen LogP contribution in [0.3, 0.4) is 0 Å². The van der Waals surface area contributed by atoms with Gasteiger partial charge in [-0.25, -0.2) is 9.59 Å². The molecule has 0 amide bonds. The fourth-order valence-electron chi connectivity index (χ4n) is 4.57. The molecule has 2 heterocycles. The molecule has 0 aromatic heterocycles. The fraction of sp³-hybridized carbons (Fsp3) is 0.667. The Morgan fingerprint density at radius 1 is 0.767 bits per heavy atom. The van der Waals surface area contributed by atoms with E-state index in [2.05, 4.69) is 10.6 Å². The maximum absolute atomic E-state index is 12.8. The lowest BCUT2D eigenvalue weighted by Crippen LogP contribution is -2.43. The summed E-state index contributed by atoms with van der Waals surface area (Å²) in [6, 6.07) is 6.68. The van der Waals surface area contributed by atoms with Gasteiger partial charge in [0, 0.05) is 11.8 Å². The number of hydrogen-bond acceptors (Lipinski definition) is 6. The highest BCUT2D eigenvalue weighted by Gasteiger charge is 2.36. The van der Waals surface area contributed by atoms with Crippen molar-refractivity contribution in [1.29, 1.82) is 0 Å². The van der Waals surface area contributed by atoms with Crippen LogP contribution in [-0.4, -0.2) is 49.3 Å². The average Bonchev–Trinajstić information content (AvgIpc) is 2.74. The molecule has 1 aromatic rings. The van der Waals surface area contributed by atoms with Crippen LogP contribution in [-0.2, 0) is 9.47 Å². The van der Waals surface area contributed by atoms with Crippen molar-refractivity contribution in [3.05, 3.63) is 35.4 Å². The molecule has 0 aliphatic carbocycles. The van der Waals surface area contributed by atoms with Crippen LogP contribution in [0.4, 0.5) is 0 Å². The molecule has 2 aliphatic rings. The van der Waals surface area contributed by atoms with Gasteiger partial charge in [0.25, 0.3) is 0 Å². The van der Waals surface area contributed by atoms with Crippen LogP contribution in [0.15, 0.2) is 24.3 Å². The molecular weight excluding hydrogens is 380 g/mol. The maximum atomic E-state index is 12.8. The zero-order chi connectivity index (χ0) is 21.8. The van der Waals surface area contributed by atoms with Gasteiger partial charge < -0.3 is 20.1 Å². The third kappa shape index (κ3) is 5.61. The summed E-state index contributed by atoms with van der Waals surface area (Å²) in [5.41, 5.74) is -0.336. The number of ether oxygens (including phenoxy) is 2. The van der Waals surface area contributed by atoms with Crippen molar-refractivity contribution in [2.24, 2.45) is 11.8 Å². The number of rotatable bonds is 6. The number of carbonyl (C=O) groups is 2. The molecule has 0 spiro atoms. The number of benzene rings is 1. The van der Waals surface area contributed by atoms with E-state index in [1.807, 2.05) is 27.7 Å². The van der Waals surface area contributed by atoms with Gasteiger partial charge in [-0.2, -0.15) is 0 Å². The summed E-state index contributed by atoms with van der Waals surface area (Å²) >= 11 is 0. The number of carbonyl (C=O) groups excluding carboxylic acids is 2. The number of hydrogen-bond donors (Lipinski definition) is 2. The summed E-state index contributed by atoms with van der Waals surface area (Å²) in [5.74, 6) is -0.153. The molecule has 6 nitrogen and oxygen atoms in total. The van der Waals surface area contributed by atoms with E-state index in [1.165, 1.54) is 0 Å². The van der Waals surface area contributed by atoms with Crippen molar-refractivity contribution in [3.63, 3.8) is 0 Å². The third-order valence-electron chi connectivity index (χ3n) is 6.69. The molecule has 0 saturated carbocycles. The number of esters is 2. The normalized spacial score (nSPS) is 19.3. The van der Waals surface area contributed by atoms with Crippen LogP contribution < -0.4 is 10.6 Å². The lowest BCUT2D eigenvalue weighted by atomic mass is 9.83. The Kier molecular flexibility index (Phi) is 7.19. The topological polar surface area (TPSA) is 76.7 Å². The monoisotopic (exact) mass is 416 g/mol. The van der Waals surface area contributed by atoms with Gasteiger partial charge in [0.15, 0.2) is 0 Å². The van der Waals surface area contributed by atoms with Crippen LogP contribution >= 0.6 is 0 Å². The molecule has 1 aromatic carbocycles. The predicted octanol–water partition coefficient (Wildman–Crippen LogP) is 3.56. The Hall–Kier alpha value is -1.92. The Bertz CT molecular complexity index is 688. The summed E-state index contributed by atoms with van der Waals surface area (Å²) in [6.07, 6.45) is 3.94. The van der Waals surface area contributed by atoms with E-state index in [0.717, 1.165) is 51.9 Å². The SMILES string of the molecule is CC(C)(OC(=O)c1cccc(C(=O)OC(C)(C)C2CCNCC2)c1)C1CCNCC1. The second kappa shape index (κ2) is 9.48. The molecule has 2 aliphatic heterocycles. The van der Waals surface area contributed by atoms with Gasteiger partial charge in [0.05, 0.1) is 11.1 Å². The van der Waals surface area contributed by atoms with Crippen molar-refractivity contribution in [2.75, 3.05) is 26.2 Å². The molecule has 2 fully saturated rings. The predicted molar refractivity (Wildman–Crippen MR) is 117 cm³/mol. The summed E-state index contributed by atoms with van der Waals surface area (Å²) in [4.78, 5) is 25.6. The summed E-state index contributed by atoms with van der Waals surface area (Å²) in [6.45, 7) is 11.7. The second-order valence-corrected chi connectivity index (χ2v) is 9.62. The molecule has 3 rings (SSSR count). The van der Waals surface area contributed by atoms with Gasteiger partial charge in [-0.15, -0.1) is 0 Å². The Labute approximate surface area is 180 Å². The zero-order valence-electron chi connectivity index (χ0n) is 18.8. The van der Waals surface area contributed by atoms with Crippen molar-refractivity contribution >= 4 is 11.9 Å². The largest absolute Gasteiger partial charge is 0.456 e. The van der Waals surface area contributed by atoms with Crippen LogP contribution in [0.2, 0.25) is 0 Å². The second-order valence-electron chi connectivity index (χ2n) is 9.62. The molecule has 2 N–H and O–H groups in total. The van der Waals surface area contributed by atoms with Crippen LogP contribution in [0.25, 0.3) is 0 Å². The minimum atomic E-state index is -0.549. The van der Waals surface area contributed by atoms with E-state index in [4.69, 9.17) is 9.47 Å². The standard InChI is InChI=1S/C24H36N2O4/c1-23(2,19-8-12-25-13-9-19)29-21(27)17-6-5-7-18(16-17)22(28)30-24(3,4)20-10-14-26-15-11-20/h5-7,16,19-20,25-26H,8-15H2,1-4H3. The molecule has 166 valence electrons. The van der Waals surface area contributed by atoms with Crippen LogP contribution in [0.5, 0.6) is 0 Å². The van der Waals surface area contributed by atoms with Crippen molar-refractivity contribution in [2.45, 2.75) is 64.6 Å². The molecule has 30 heavy (non-hydrogen) atoms. The lowest BCUT2D eigenvalue weighted by Gasteiger charge is -2.37. The highest BCUT2D eigenvalue weighted by Crippen LogP contribution is 2.31. The number of piperidine rings is 2. The molecule has 0 unspecified atom stereocenters. The molecule has 6 heteroatoms. The Morgan fingerprint density at radius 3 is 1.50 bits per heavy atom.